The molecule has 7 nitrogen and oxygen atoms in total. The van der Waals surface area contributed by atoms with Crippen LogP contribution in [0.4, 0.5) is 10.2 Å². The Bertz CT molecular complexity index is 1090. The van der Waals surface area contributed by atoms with E-state index in [9.17, 15) is 12.8 Å². The van der Waals surface area contributed by atoms with Crippen LogP contribution in [0.2, 0.25) is 0 Å². The molecular weight excluding hydrogens is 369 g/mol. The first kappa shape index (κ1) is 19.2. The van der Waals surface area contributed by atoms with Crippen molar-refractivity contribution >= 4 is 21.3 Å². The van der Waals surface area contributed by atoms with Crippen molar-refractivity contribution in [2.75, 3.05) is 33.0 Å². The maximum Gasteiger partial charge on any atom is 0.214 e. The van der Waals surface area contributed by atoms with Gasteiger partial charge in [-0.25, -0.2) is 22.3 Å². The van der Waals surface area contributed by atoms with Crippen LogP contribution in [0.5, 0.6) is 0 Å². The van der Waals surface area contributed by atoms with Crippen molar-refractivity contribution in [3.8, 4) is 0 Å². The zero-order valence-electron chi connectivity index (χ0n) is 15.7. The highest BCUT2D eigenvalue weighted by Crippen LogP contribution is 2.31. The second kappa shape index (κ2) is 7.24. The Labute approximate surface area is 157 Å². The lowest BCUT2D eigenvalue weighted by Gasteiger charge is -2.10. The Morgan fingerprint density at radius 2 is 2.00 bits per heavy atom. The lowest BCUT2D eigenvalue weighted by atomic mass is 10.2. The maximum absolute atomic E-state index is 13.6. The van der Waals surface area contributed by atoms with Gasteiger partial charge < -0.3 is 10.2 Å². The van der Waals surface area contributed by atoms with Gasteiger partial charge in [-0.3, -0.25) is 0 Å². The second-order valence-corrected chi connectivity index (χ2v) is 8.45. The predicted octanol–water partition coefficient (Wildman–Crippen LogP) is 2.16. The smallest absolute Gasteiger partial charge is 0.214 e. The molecule has 0 bridgehead atoms. The summed E-state index contributed by atoms with van der Waals surface area (Å²) in [5.41, 5.74) is 1.77. The van der Waals surface area contributed by atoms with Crippen molar-refractivity contribution < 1.29 is 12.8 Å². The summed E-state index contributed by atoms with van der Waals surface area (Å²) < 4.78 is 41.6. The van der Waals surface area contributed by atoms with Gasteiger partial charge in [0.15, 0.2) is 16.4 Å². The number of nitrogens with zero attached hydrogens (tertiary/aromatic N) is 4. The molecule has 27 heavy (non-hydrogen) atoms. The minimum Gasteiger partial charge on any atom is -0.370 e. The summed E-state index contributed by atoms with van der Waals surface area (Å²) in [6.45, 7) is 2.63. The molecule has 3 aromatic rings. The van der Waals surface area contributed by atoms with Gasteiger partial charge in [0, 0.05) is 31.4 Å². The number of rotatable bonds is 6. The Kier molecular flexibility index (Phi) is 5.16. The summed E-state index contributed by atoms with van der Waals surface area (Å²) in [6, 6.07) is 6.83. The summed E-state index contributed by atoms with van der Waals surface area (Å²) in [7, 11) is 1.50. The molecular formula is C18H22FN5O2S. The van der Waals surface area contributed by atoms with Gasteiger partial charge in [0.05, 0.1) is 4.90 Å². The second-order valence-electron chi connectivity index (χ2n) is 6.57. The summed E-state index contributed by atoms with van der Waals surface area (Å²) >= 11 is 0. The third kappa shape index (κ3) is 3.65. The first-order chi connectivity index (χ1) is 12.7. The molecule has 0 aliphatic rings. The number of sulfone groups is 1. The molecule has 0 fully saturated rings. The molecule has 2 heterocycles. The minimum absolute atomic E-state index is 0.0506. The van der Waals surface area contributed by atoms with Crippen LogP contribution >= 0.6 is 0 Å². The lowest BCUT2D eigenvalue weighted by Crippen LogP contribution is -2.16. The lowest BCUT2D eigenvalue weighted by molar-refractivity contribution is 0.411. The first-order valence-electron chi connectivity index (χ1n) is 8.46. The quantitative estimate of drug-likeness (QED) is 0.694. The first-order valence-corrected chi connectivity index (χ1v) is 9.94. The van der Waals surface area contributed by atoms with E-state index in [1.807, 2.05) is 32.0 Å². The molecule has 144 valence electrons. The van der Waals surface area contributed by atoms with Gasteiger partial charge in [-0.05, 0) is 45.3 Å². The van der Waals surface area contributed by atoms with Gasteiger partial charge in [-0.2, -0.15) is 0 Å². The summed E-state index contributed by atoms with van der Waals surface area (Å²) in [5.74, 6) is -0.436. The number of likely N-dealkylation sites (N-methyl/N-ethyl adjacent to an activating group) is 1. The number of fused-ring (bicyclic) bond motifs is 1. The molecule has 0 aliphatic heterocycles. The zero-order valence-corrected chi connectivity index (χ0v) is 16.5. The van der Waals surface area contributed by atoms with Crippen LogP contribution in [0.1, 0.15) is 11.4 Å². The fourth-order valence-electron chi connectivity index (χ4n) is 2.84. The molecule has 0 spiro atoms. The number of hydrogen-bond acceptors (Lipinski definition) is 6. The maximum atomic E-state index is 13.6. The fraction of sp³-hybridized carbons (Fsp3) is 0.333. The van der Waals surface area contributed by atoms with E-state index >= 15 is 0 Å². The number of anilines is 1. The van der Waals surface area contributed by atoms with E-state index in [4.69, 9.17) is 0 Å². The van der Waals surface area contributed by atoms with Crippen LogP contribution in [-0.2, 0) is 16.3 Å². The van der Waals surface area contributed by atoms with Crippen LogP contribution in [0, 0.1) is 12.7 Å². The van der Waals surface area contributed by atoms with Crippen molar-refractivity contribution in [2.45, 2.75) is 23.1 Å². The Morgan fingerprint density at radius 3 is 2.63 bits per heavy atom. The number of hydrogen-bond donors (Lipinski definition) is 1. The van der Waals surface area contributed by atoms with Crippen LogP contribution in [0.15, 0.2) is 40.1 Å². The van der Waals surface area contributed by atoms with Crippen LogP contribution < -0.4 is 5.32 Å². The molecule has 2 aromatic heterocycles. The SMILES string of the molecule is CNc1nn2c(C)cc(CCN(C)C)nc2c1S(=O)(=O)c1cccc(F)c1. The zero-order chi connectivity index (χ0) is 19.8. The van der Waals surface area contributed by atoms with Gasteiger partial charge in [0.25, 0.3) is 0 Å². The highest BCUT2D eigenvalue weighted by molar-refractivity contribution is 7.91. The predicted molar refractivity (Wildman–Crippen MR) is 101 cm³/mol. The normalized spacial score (nSPS) is 12.1. The number of benzene rings is 1. The van der Waals surface area contributed by atoms with Crippen LogP contribution in [-0.4, -0.2) is 55.6 Å². The number of nitrogens with one attached hydrogen (secondary N) is 1. The Balaban J connectivity index is 2.24. The number of halogens is 1. The third-order valence-corrected chi connectivity index (χ3v) is 5.99. The molecule has 0 atom stereocenters. The number of aryl methyl sites for hydroxylation is 1. The van der Waals surface area contributed by atoms with E-state index in [0.29, 0.717) is 6.42 Å². The van der Waals surface area contributed by atoms with E-state index in [0.717, 1.165) is 24.0 Å². The van der Waals surface area contributed by atoms with Gasteiger partial charge in [0.1, 0.15) is 5.82 Å². The highest BCUT2D eigenvalue weighted by Gasteiger charge is 2.29. The van der Waals surface area contributed by atoms with Crippen molar-refractivity contribution in [3.63, 3.8) is 0 Å². The number of aromatic nitrogens is 3. The van der Waals surface area contributed by atoms with Gasteiger partial charge in [0.2, 0.25) is 9.84 Å². The fourth-order valence-corrected chi connectivity index (χ4v) is 4.37. The monoisotopic (exact) mass is 391 g/mol. The van der Waals surface area contributed by atoms with E-state index in [2.05, 4.69) is 15.4 Å². The average Bonchev–Trinajstić information content (AvgIpc) is 3.00. The average molecular weight is 391 g/mol. The third-order valence-electron chi connectivity index (χ3n) is 4.20. The molecule has 0 unspecified atom stereocenters. The van der Waals surface area contributed by atoms with E-state index < -0.39 is 15.7 Å². The van der Waals surface area contributed by atoms with E-state index in [-0.39, 0.29) is 21.3 Å². The molecule has 0 saturated carbocycles. The van der Waals surface area contributed by atoms with Gasteiger partial charge in [-0.1, -0.05) is 6.07 Å². The Morgan fingerprint density at radius 1 is 1.26 bits per heavy atom. The Hall–Kier alpha value is -2.52. The molecule has 0 aliphatic carbocycles. The summed E-state index contributed by atoms with van der Waals surface area (Å²) in [4.78, 5) is 6.40. The topological polar surface area (TPSA) is 79.6 Å². The summed E-state index contributed by atoms with van der Waals surface area (Å²) in [5, 5.41) is 7.16. The molecule has 0 radical (unpaired) electrons. The molecule has 1 N–H and O–H groups in total. The molecule has 0 amide bonds. The van der Waals surface area contributed by atoms with Crippen molar-refractivity contribution in [1.82, 2.24) is 19.5 Å². The van der Waals surface area contributed by atoms with Gasteiger partial charge >= 0.3 is 0 Å². The largest absolute Gasteiger partial charge is 0.370 e. The minimum atomic E-state index is -4.01. The van der Waals surface area contributed by atoms with E-state index in [1.54, 1.807) is 7.05 Å². The highest BCUT2D eigenvalue weighted by atomic mass is 32.2. The molecule has 3 rings (SSSR count). The molecule has 9 heteroatoms. The van der Waals surface area contributed by atoms with Crippen LogP contribution in [0.3, 0.4) is 0 Å². The van der Waals surface area contributed by atoms with E-state index in [1.165, 1.54) is 22.7 Å². The molecule has 0 saturated heterocycles. The van der Waals surface area contributed by atoms with Crippen LogP contribution in [0.25, 0.3) is 5.65 Å². The van der Waals surface area contributed by atoms with Crippen molar-refractivity contribution in [1.29, 1.82) is 0 Å². The van der Waals surface area contributed by atoms with Crippen molar-refractivity contribution in [2.24, 2.45) is 0 Å². The standard InChI is InChI=1S/C18H22FN5O2S/c1-12-10-14(8-9-23(3)4)21-18-16(17(20-2)22-24(12)18)27(25,26)15-7-5-6-13(19)11-15/h5-7,10-11H,8-9H2,1-4H3,(H,20,22). The summed E-state index contributed by atoms with van der Waals surface area (Å²) in [6.07, 6.45) is 0.670. The van der Waals surface area contributed by atoms with Crippen molar-refractivity contribution in [3.05, 3.63) is 47.5 Å². The molecule has 1 aromatic carbocycles. The van der Waals surface area contributed by atoms with Gasteiger partial charge in [-0.15, -0.1) is 5.10 Å².